The van der Waals surface area contributed by atoms with Gasteiger partial charge in [-0.05, 0) is 52.2 Å². The molecule has 3 aromatic heterocycles. The van der Waals surface area contributed by atoms with Gasteiger partial charge in [0.25, 0.3) is 0 Å². The second kappa shape index (κ2) is 7.00. The van der Waals surface area contributed by atoms with Crippen LogP contribution in [0.3, 0.4) is 0 Å². The van der Waals surface area contributed by atoms with Crippen molar-refractivity contribution in [2.75, 3.05) is 0 Å². The summed E-state index contributed by atoms with van der Waals surface area (Å²) in [7, 11) is 0. The molecule has 1 aliphatic carbocycles. The van der Waals surface area contributed by atoms with Gasteiger partial charge in [-0.3, -0.25) is 14.5 Å². The molecule has 27 heavy (non-hydrogen) atoms. The van der Waals surface area contributed by atoms with E-state index in [4.69, 9.17) is 10.1 Å². The average Bonchev–Trinajstić information content (AvgIpc) is 3.21. The molecule has 0 saturated heterocycles. The van der Waals surface area contributed by atoms with Gasteiger partial charge in [0.15, 0.2) is 0 Å². The Balaban J connectivity index is 1.85. The predicted molar refractivity (Wildman–Crippen MR) is 108 cm³/mol. The van der Waals surface area contributed by atoms with Crippen LogP contribution in [-0.2, 0) is 30.5 Å². The molecular weight excluding hydrogens is 356 g/mol. The normalized spacial score (nSPS) is 12.9. The lowest BCUT2D eigenvalue weighted by atomic mass is 9.95. The summed E-state index contributed by atoms with van der Waals surface area (Å²) in [6.45, 7) is 8.04. The fraction of sp³-hybridized carbons (Fsp3) is 0.429. The number of pyridine rings is 1. The molecule has 140 valence electrons. The number of hydrogen-bond donors (Lipinski definition) is 0. The Kier molecular flexibility index (Phi) is 4.68. The summed E-state index contributed by atoms with van der Waals surface area (Å²) in [5, 5.41) is 5.88. The van der Waals surface area contributed by atoms with Crippen molar-refractivity contribution in [1.29, 1.82) is 0 Å². The Morgan fingerprint density at radius 1 is 1.30 bits per heavy atom. The predicted octanol–water partition coefficient (Wildman–Crippen LogP) is 4.44. The number of carbonyl (C=O) groups is 1. The minimum Gasteiger partial charge on any atom is -0.300 e. The molecule has 6 heteroatoms. The lowest BCUT2D eigenvalue weighted by Crippen LogP contribution is -2.09. The van der Waals surface area contributed by atoms with Crippen molar-refractivity contribution in [3.8, 4) is 21.8 Å². The lowest BCUT2D eigenvalue weighted by molar-refractivity contribution is -0.116. The molecule has 0 radical (unpaired) electrons. The molecule has 3 aromatic rings. The first kappa shape index (κ1) is 18.0. The molecule has 0 unspecified atom stereocenters. The third-order valence-electron chi connectivity index (χ3n) is 4.93. The van der Waals surface area contributed by atoms with Gasteiger partial charge < -0.3 is 0 Å². The number of aryl methyl sites for hydroxylation is 2. The average molecular weight is 381 g/mol. The molecule has 4 rings (SSSR count). The van der Waals surface area contributed by atoms with E-state index in [-0.39, 0.29) is 11.8 Å². The van der Waals surface area contributed by atoms with Gasteiger partial charge in [0.2, 0.25) is 0 Å². The molecule has 0 aliphatic heterocycles. The standard InChI is InChI=1S/C21H24N4OS/c1-5-15-7-6-14(11-22-15)19-16-8-9-17-21(20(16)25(24-19)12(2)3)27-18(23-17)10-13(4)26/h6-7,11-12H,5,8-10H2,1-4H3. The molecule has 0 bridgehead atoms. The van der Waals surface area contributed by atoms with Crippen LogP contribution in [0.15, 0.2) is 18.3 Å². The first-order valence-corrected chi connectivity index (χ1v) is 10.3. The van der Waals surface area contributed by atoms with E-state index in [1.807, 2.05) is 6.20 Å². The van der Waals surface area contributed by atoms with Crippen molar-refractivity contribution >= 4 is 17.1 Å². The highest BCUT2D eigenvalue weighted by Crippen LogP contribution is 2.42. The Bertz CT molecular complexity index is 998. The van der Waals surface area contributed by atoms with Crippen LogP contribution in [0.2, 0.25) is 0 Å². The van der Waals surface area contributed by atoms with Crippen molar-refractivity contribution in [2.45, 2.75) is 59.4 Å². The zero-order valence-electron chi connectivity index (χ0n) is 16.2. The van der Waals surface area contributed by atoms with Crippen LogP contribution < -0.4 is 0 Å². The third kappa shape index (κ3) is 3.23. The number of nitrogens with zero attached hydrogens (tertiary/aromatic N) is 4. The molecule has 0 amide bonds. The summed E-state index contributed by atoms with van der Waals surface area (Å²) in [6, 6.07) is 4.46. The number of thiazole rings is 1. The maximum Gasteiger partial charge on any atom is 0.136 e. The van der Waals surface area contributed by atoms with Gasteiger partial charge in [-0.25, -0.2) is 4.98 Å². The Morgan fingerprint density at radius 2 is 2.11 bits per heavy atom. The quantitative estimate of drug-likeness (QED) is 0.656. The van der Waals surface area contributed by atoms with Crippen molar-refractivity contribution in [1.82, 2.24) is 19.7 Å². The van der Waals surface area contributed by atoms with Crippen molar-refractivity contribution < 1.29 is 4.79 Å². The zero-order valence-corrected chi connectivity index (χ0v) is 17.1. The molecule has 0 aromatic carbocycles. The summed E-state index contributed by atoms with van der Waals surface area (Å²) >= 11 is 1.64. The fourth-order valence-electron chi connectivity index (χ4n) is 3.61. The minimum atomic E-state index is 0.154. The van der Waals surface area contributed by atoms with Crippen molar-refractivity contribution in [3.05, 3.63) is 40.3 Å². The number of ketones is 1. The molecule has 5 nitrogen and oxygen atoms in total. The lowest BCUT2D eigenvalue weighted by Gasteiger charge is -2.16. The first-order chi connectivity index (χ1) is 13.0. The molecule has 0 atom stereocenters. The number of hydrogen-bond acceptors (Lipinski definition) is 5. The van der Waals surface area contributed by atoms with Gasteiger partial charge in [0, 0.05) is 29.1 Å². The Labute approximate surface area is 163 Å². The Hall–Kier alpha value is -2.34. The topological polar surface area (TPSA) is 60.7 Å². The highest BCUT2D eigenvalue weighted by molar-refractivity contribution is 7.15. The summed E-state index contributed by atoms with van der Waals surface area (Å²) in [6.07, 6.45) is 5.10. The van der Waals surface area contributed by atoms with Gasteiger partial charge in [-0.1, -0.05) is 6.92 Å². The number of fused-ring (bicyclic) bond motifs is 3. The fourth-order valence-corrected chi connectivity index (χ4v) is 4.86. The van der Waals surface area contributed by atoms with Gasteiger partial charge in [-0.2, -0.15) is 5.10 Å². The summed E-state index contributed by atoms with van der Waals surface area (Å²) in [5.41, 5.74) is 6.75. The van der Waals surface area contributed by atoms with E-state index in [1.54, 1.807) is 18.3 Å². The van der Waals surface area contributed by atoms with Gasteiger partial charge in [0.05, 0.1) is 28.4 Å². The third-order valence-corrected chi connectivity index (χ3v) is 6.03. The number of carbonyl (C=O) groups excluding carboxylic acids is 1. The van der Waals surface area contributed by atoms with E-state index in [0.717, 1.165) is 46.9 Å². The van der Waals surface area contributed by atoms with Crippen molar-refractivity contribution in [2.24, 2.45) is 0 Å². The molecule has 0 spiro atoms. The van der Waals surface area contributed by atoms with Crippen molar-refractivity contribution in [3.63, 3.8) is 0 Å². The smallest absolute Gasteiger partial charge is 0.136 e. The number of aromatic nitrogens is 4. The van der Waals surface area contributed by atoms with E-state index in [9.17, 15) is 4.79 Å². The molecule has 1 aliphatic rings. The Morgan fingerprint density at radius 3 is 2.74 bits per heavy atom. The van der Waals surface area contributed by atoms with Crippen LogP contribution in [0, 0.1) is 0 Å². The highest BCUT2D eigenvalue weighted by atomic mass is 32.1. The first-order valence-electron chi connectivity index (χ1n) is 9.53. The monoisotopic (exact) mass is 380 g/mol. The molecule has 0 fully saturated rings. The molecular formula is C21H24N4OS. The van der Waals surface area contributed by atoms with Crippen LogP contribution in [0.1, 0.15) is 55.7 Å². The van der Waals surface area contributed by atoms with Crippen LogP contribution in [0.4, 0.5) is 0 Å². The van der Waals surface area contributed by atoms with Gasteiger partial charge in [-0.15, -0.1) is 11.3 Å². The maximum atomic E-state index is 11.5. The second-order valence-corrected chi connectivity index (χ2v) is 8.45. The van der Waals surface area contributed by atoms with Crippen LogP contribution >= 0.6 is 11.3 Å². The minimum absolute atomic E-state index is 0.154. The largest absolute Gasteiger partial charge is 0.300 e. The summed E-state index contributed by atoms with van der Waals surface area (Å²) in [5.74, 6) is 0.154. The van der Waals surface area contributed by atoms with Gasteiger partial charge >= 0.3 is 0 Å². The molecule has 3 heterocycles. The number of Topliss-reactive ketones (excluding diaryl/α,β-unsaturated/α-hetero) is 1. The molecule has 0 saturated carbocycles. The summed E-state index contributed by atoms with van der Waals surface area (Å²) < 4.78 is 2.12. The SMILES string of the molecule is CCc1ccc(-c2nn(C(C)C)c3c2CCc2nc(CC(C)=O)sc2-3)cn1. The van der Waals surface area contributed by atoms with E-state index < -0.39 is 0 Å². The highest BCUT2D eigenvalue weighted by Gasteiger charge is 2.29. The molecule has 0 N–H and O–H groups in total. The van der Waals surface area contributed by atoms with Crippen LogP contribution in [0.5, 0.6) is 0 Å². The summed E-state index contributed by atoms with van der Waals surface area (Å²) in [4.78, 5) is 22.0. The van der Waals surface area contributed by atoms with Crippen LogP contribution in [-0.4, -0.2) is 25.5 Å². The maximum absolute atomic E-state index is 11.5. The van der Waals surface area contributed by atoms with E-state index in [2.05, 4.69) is 42.6 Å². The van der Waals surface area contributed by atoms with E-state index >= 15 is 0 Å². The second-order valence-electron chi connectivity index (χ2n) is 7.37. The van der Waals surface area contributed by atoms with Gasteiger partial charge in [0.1, 0.15) is 10.8 Å². The van der Waals surface area contributed by atoms with E-state index in [0.29, 0.717) is 6.42 Å². The van der Waals surface area contributed by atoms with E-state index in [1.165, 1.54) is 16.1 Å². The van der Waals surface area contributed by atoms with Crippen LogP contribution in [0.25, 0.3) is 21.8 Å². The zero-order chi connectivity index (χ0) is 19.1. The number of rotatable bonds is 5.